The Morgan fingerprint density at radius 1 is 1.36 bits per heavy atom. The highest BCUT2D eigenvalue weighted by molar-refractivity contribution is 15.0. The molecule has 1 amide bonds. The molecule has 0 aromatic carbocycles. The average molecular weight is 383 g/mol. The first-order valence-corrected chi connectivity index (χ1v) is 9.67. The lowest BCUT2D eigenvalue weighted by atomic mass is 10.1. The molecule has 0 aromatic rings. The van der Waals surface area contributed by atoms with Gasteiger partial charge in [-0.25, -0.2) is 0 Å². The fourth-order valence-corrected chi connectivity index (χ4v) is 0.532. The smallest absolute Gasteiger partial charge is 0.222 e. The highest BCUT2D eigenvalue weighted by Crippen LogP contribution is 2.00. The summed E-state index contributed by atoms with van der Waals surface area (Å²) < 4.78 is 0. The van der Waals surface area contributed by atoms with Crippen LogP contribution in [-0.4, -0.2) is 24.9 Å². The van der Waals surface area contributed by atoms with Crippen LogP contribution in [0.1, 0.15) is 20.3 Å². The first-order valence-electron chi connectivity index (χ1n) is 3.38. The van der Waals surface area contributed by atoms with Crippen LogP contribution in [0.2, 0.25) is 0 Å². The van der Waals surface area contributed by atoms with Crippen molar-refractivity contribution in [2.45, 2.75) is 20.3 Å². The van der Waals surface area contributed by atoms with Crippen molar-refractivity contribution in [1.82, 2.24) is 4.90 Å². The molecule has 2 nitrogen and oxygen atoms in total. The third-order valence-corrected chi connectivity index (χ3v) is 1.08. The highest BCUT2D eigenvalue weighted by Gasteiger charge is 2.04. The maximum atomic E-state index is 10.9. The second kappa shape index (κ2) is 9.02. The van der Waals surface area contributed by atoms with Crippen molar-refractivity contribution < 1.29 is 4.79 Å². The van der Waals surface area contributed by atoms with Gasteiger partial charge in [-0.15, -0.1) is 0 Å². The van der Waals surface area contributed by atoms with E-state index >= 15 is 0 Å². The summed E-state index contributed by atoms with van der Waals surface area (Å²) in [6, 6.07) is 0. The van der Waals surface area contributed by atoms with E-state index in [0.29, 0.717) is 12.3 Å². The molecule has 0 radical (unpaired) electrons. The van der Waals surface area contributed by atoms with Gasteiger partial charge in [0.25, 0.3) is 0 Å². The zero-order valence-corrected chi connectivity index (χ0v) is 11.7. The molecule has 0 N–H and O–H groups in total. The van der Waals surface area contributed by atoms with Crippen molar-refractivity contribution in [3.8, 4) is 0 Å². The summed E-state index contributed by atoms with van der Waals surface area (Å²) in [6.07, 6.45) is 0.660. The molecule has 68 valence electrons. The van der Waals surface area contributed by atoms with Crippen LogP contribution in [0.3, 0.4) is 0 Å². The van der Waals surface area contributed by atoms with Crippen LogP contribution in [0.4, 0.5) is 0 Å². The number of nitrogens with zero attached hydrogens (tertiary/aromatic N) is 1. The third-order valence-electron chi connectivity index (χ3n) is 1.08. The van der Waals surface area contributed by atoms with Gasteiger partial charge < -0.3 is 4.90 Å². The molecule has 0 saturated carbocycles. The first-order chi connectivity index (χ1) is 5.04. The Balaban J connectivity index is 0. The van der Waals surface area contributed by atoms with Crippen LogP contribution in [0.5, 0.6) is 0 Å². The molecule has 0 aliphatic carbocycles. The topological polar surface area (TPSA) is 20.3 Å². The largest absolute Gasteiger partial charge is 0.349 e. The molecular weight excluding hydrogens is 368 g/mol. The molecule has 0 aromatic heterocycles. The Hall–Kier alpha value is 0.930. The molecule has 0 aliphatic rings. The predicted octanol–water partition coefficient (Wildman–Crippen LogP) is 2.89. The number of carbonyl (C=O) groups excluding carboxylic acids is 1. The van der Waals surface area contributed by atoms with Crippen LogP contribution in [-0.2, 0) is 4.79 Å². The molecule has 0 atom stereocenters. The molecule has 11 heavy (non-hydrogen) atoms. The Morgan fingerprint density at radius 3 is 1.82 bits per heavy atom. The normalized spacial score (nSPS) is 8.64. The van der Waals surface area contributed by atoms with Crippen LogP contribution in [0.25, 0.3) is 0 Å². The predicted molar refractivity (Wildman–Crippen MR) is 66.2 cm³/mol. The molecule has 0 fully saturated rings. The molecule has 0 unspecified atom stereocenters. The van der Waals surface area contributed by atoms with Gasteiger partial charge >= 0.3 is 0 Å². The first kappa shape index (κ1) is 14.5. The van der Waals surface area contributed by atoms with E-state index in [0.717, 1.165) is 0 Å². The SMILES string of the molecule is CC(C)CC(=O)N(C)C.II. The minimum atomic E-state index is 0.213. The minimum absolute atomic E-state index is 0.213. The monoisotopic (exact) mass is 383 g/mol. The third kappa shape index (κ3) is 10.9. The highest BCUT2D eigenvalue weighted by atomic mass is 128. The van der Waals surface area contributed by atoms with E-state index in [-0.39, 0.29) is 5.91 Å². The van der Waals surface area contributed by atoms with Gasteiger partial charge in [0.15, 0.2) is 0 Å². The lowest BCUT2D eigenvalue weighted by Gasteiger charge is -2.10. The van der Waals surface area contributed by atoms with Crippen molar-refractivity contribution in [2.24, 2.45) is 5.92 Å². The molecule has 0 saturated heterocycles. The lowest BCUT2D eigenvalue weighted by Crippen LogP contribution is -2.22. The van der Waals surface area contributed by atoms with Gasteiger partial charge in [0.2, 0.25) is 5.91 Å². The van der Waals surface area contributed by atoms with Crippen LogP contribution < -0.4 is 0 Å². The second-order valence-electron chi connectivity index (χ2n) is 2.89. The van der Waals surface area contributed by atoms with E-state index in [1.165, 1.54) is 0 Å². The number of halogens is 2. The fraction of sp³-hybridized carbons (Fsp3) is 0.857. The van der Waals surface area contributed by atoms with E-state index in [1.54, 1.807) is 19.0 Å². The van der Waals surface area contributed by atoms with Crippen molar-refractivity contribution in [3.05, 3.63) is 0 Å². The number of hydrogen-bond donors (Lipinski definition) is 0. The molecule has 0 rings (SSSR count). The number of rotatable bonds is 2. The van der Waals surface area contributed by atoms with Gasteiger partial charge in [-0.2, -0.15) is 0 Å². The molecule has 0 aliphatic heterocycles. The van der Waals surface area contributed by atoms with E-state index in [1.807, 2.05) is 13.8 Å². The van der Waals surface area contributed by atoms with Gasteiger partial charge in [-0.3, -0.25) is 4.79 Å². The quantitative estimate of drug-likeness (QED) is 0.672. The second-order valence-corrected chi connectivity index (χ2v) is 2.89. The van der Waals surface area contributed by atoms with Gasteiger partial charge in [0.1, 0.15) is 0 Å². The van der Waals surface area contributed by atoms with E-state index in [2.05, 4.69) is 37.2 Å². The lowest BCUT2D eigenvalue weighted by molar-refractivity contribution is -0.129. The van der Waals surface area contributed by atoms with Gasteiger partial charge in [0.05, 0.1) is 0 Å². The average Bonchev–Trinajstić information content (AvgIpc) is 1.90. The van der Waals surface area contributed by atoms with E-state index in [9.17, 15) is 4.79 Å². The molecule has 0 heterocycles. The van der Waals surface area contributed by atoms with Crippen molar-refractivity contribution >= 4 is 43.1 Å². The molecule has 0 bridgehead atoms. The van der Waals surface area contributed by atoms with Gasteiger partial charge in [-0.05, 0) is 5.92 Å². The number of hydrogen-bond acceptors (Lipinski definition) is 1. The molecular formula is C7H15I2NO. The van der Waals surface area contributed by atoms with E-state index in [4.69, 9.17) is 0 Å². The summed E-state index contributed by atoms with van der Waals surface area (Å²) in [6.45, 7) is 4.09. The number of amides is 1. The van der Waals surface area contributed by atoms with Gasteiger partial charge in [0, 0.05) is 57.7 Å². The van der Waals surface area contributed by atoms with Crippen molar-refractivity contribution in [2.75, 3.05) is 14.1 Å². The summed E-state index contributed by atoms with van der Waals surface area (Å²) >= 11 is 4.24. The summed E-state index contributed by atoms with van der Waals surface area (Å²) in [4.78, 5) is 12.5. The zero-order valence-electron chi connectivity index (χ0n) is 7.40. The van der Waals surface area contributed by atoms with E-state index < -0.39 is 0 Å². The fourth-order valence-electron chi connectivity index (χ4n) is 0.532. The Labute approximate surface area is 92.4 Å². The number of carbonyl (C=O) groups is 1. The minimum Gasteiger partial charge on any atom is -0.349 e. The van der Waals surface area contributed by atoms with Crippen LogP contribution in [0, 0.1) is 5.92 Å². The zero-order chi connectivity index (χ0) is 9.44. The summed E-state index contributed by atoms with van der Waals surface area (Å²) in [7, 11) is 3.56. The Morgan fingerprint density at radius 2 is 1.73 bits per heavy atom. The van der Waals surface area contributed by atoms with Crippen LogP contribution >= 0.6 is 37.2 Å². The Bertz CT molecular complexity index is 105. The Kier molecular flexibility index (Phi) is 11.9. The summed E-state index contributed by atoms with van der Waals surface area (Å²) in [5.41, 5.74) is 0. The standard InChI is InChI=1S/C7H15NO.I2/c1-6(2)5-7(9)8(3)4;1-2/h6H,5H2,1-4H3;. The van der Waals surface area contributed by atoms with Crippen LogP contribution in [0.15, 0.2) is 0 Å². The maximum absolute atomic E-state index is 10.9. The maximum Gasteiger partial charge on any atom is 0.222 e. The summed E-state index contributed by atoms with van der Waals surface area (Å²) in [5, 5.41) is 0. The molecule has 4 heteroatoms. The summed E-state index contributed by atoms with van der Waals surface area (Å²) in [5.74, 6) is 0.685. The van der Waals surface area contributed by atoms with Crippen molar-refractivity contribution in [3.63, 3.8) is 0 Å². The van der Waals surface area contributed by atoms with Gasteiger partial charge in [-0.1, -0.05) is 13.8 Å². The molecule has 0 spiro atoms. The van der Waals surface area contributed by atoms with Crippen molar-refractivity contribution in [1.29, 1.82) is 0 Å².